The van der Waals surface area contributed by atoms with Crippen LogP contribution in [0, 0.1) is 24.6 Å². The fourth-order valence-electron chi connectivity index (χ4n) is 4.74. The number of amides is 1. The summed E-state index contributed by atoms with van der Waals surface area (Å²) in [5.74, 6) is 0.597. The molecular weight excluding hydrogens is 427 g/mol. The molecule has 1 saturated heterocycles. The smallest absolute Gasteiger partial charge is 0.295 e. The summed E-state index contributed by atoms with van der Waals surface area (Å²) in [5.41, 5.74) is 2.63. The van der Waals surface area contributed by atoms with Crippen molar-refractivity contribution in [1.82, 2.24) is 14.9 Å². The minimum atomic E-state index is -0.324. The molecule has 32 heavy (non-hydrogen) atoms. The number of thiazole rings is 1. The first kappa shape index (κ1) is 19.4. The highest BCUT2D eigenvalue weighted by molar-refractivity contribution is 7.15. The lowest BCUT2D eigenvalue weighted by molar-refractivity contribution is 0.0710. The van der Waals surface area contributed by atoms with Crippen molar-refractivity contribution < 1.29 is 13.6 Å². The van der Waals surface area contributed by atoms with Gasteiger partial charge in [-0.05, 0) is 55.0 Å². The fourth-order valence-corrected chi connectivity index (χ4v) is 5.65. The summed E-state index contributed by atoms with van der Waals surface area (Å²) >= 11 is 1.42. The average Bonchev–Trinajstić information content (AvgIpc) is 3.11. The normalized spacial score (nSPS) is 21.7. The van der Waals surface area contributed by atoms with Crippen LogP contribution in [0.1, 0.15) is 21.9 Å². The van der Waals surface area contributed by atoms with Crippen molar-refractivity contribution in [2.24, 2.45) is 11.8 Å². The molecule has 4 aromatic rings. The molecule has 3 unspecified atom stereocenters. The van der Waals surface area contributed by atoms with E-state index in [-0.39, 0.29) is 17.8 Å². The third-order valence-electron chi connectivity index (χ3n) is 6.34. The number of aromatic nitrogens is 2. The number of carbonyl (C=O) groups is 1. The predicted molar refractivity (Wildman–Crippen MR) is 121 cm³/mol. The van der Waals surface area contributed by atoms with Crippen LogP contribution in [0.3, 0.4) is 0 Å². The van der Waals surface area contributed by atoms with E-state index in [0.29, 0.717) is 35.7 Å². The number of likely N-dealkylation sites (tertiary alicyclic amines) is 1. The number of aryl methyl sites for hydroxylation is 1. The molecule has 0 radical (unpaired) electrons. The van der Waals surface area contributed by atoms with E-state index in [0.717, 1.165) is 34.0 Å². The molecule has 2 aromatic carbocycles. The van der Waals surface area contributed by atoms with Gasteiger partial charge in [-0.25, -0.2) is 9.37 Å². The SMILES string of the molecule is Cc1nc(C(=O)N2CC3CC3C2CNc2nc3ccccc3o2)c(-c2cccc(F)c2)s1. The highest BCUT2D eigenvalue weighted by Gasteiger charge is 2.54. The first-order valence-electron chi connectivity index (χ1n) is 10.7. The number of halogens is 1. The van der Waals surface area contributed by atoms with Crippen LogP contribution in [0.25, 0.3) is 21.5 Å². The molecule has 6 nitrogen and oxygen atoms in total. The third-order valence-corrected chi connectivity index (χ3v) is 7.36. The van der Waals surface area contributed by atoms with Crippen LogP contribution in [0.5, 0.6) is 0 Å². The van der Waals surface area contributed by atoms with Gasteiger partial charge in [0.05, 0.1) is 15.9 Å². The Morgan fingerprint density at radius 3 is 2.97 bits per heavy atom. The van der Waals surface area contributed by atoms with Gasteiger partial charge >= 0.3 is 0 Å². The molecule has 8 heteroatoms. The molecule has 2 fully saturated rings. The van der Waals surface area contributed by atoms with Crippen LogP contribution in [-0.4, -0.2) is 39.9 Å². The van der Waals surface area contributed by atoms with E-state index in [1.165, 1.54) is 23.5 Å². The standard InChI is InChI=1S/C24H21FN4O2S/c1-13-27-21(22(32-13)14-5-4-6-16(25)9-14)23(30)29-12-15-10-17(15)19(29)11-26-24-28-18-7-2-3-8-20(18)31-24/h2-9,15,17,19H,10-12H2,1H3,(H,26,28). The largest absolute Gasteiger partial charge is 0.424 e. The highest BCUT2D eigenvalue weighted by atomic mass is 32.1. The number of hydrogen-bond donors (Lipinski definition) is 1. The Hall–Kier alpha value is -3.26. The van der Waals surface area contributed by atoms with Gasteiger partial charge in [0.1, 0.15) is 17.0 Å². The Bertz CT molecular complexity index is 1300. The second-order valence-corrected chi connectivity index (χ2v) is 9.68. The predicted octanol–water partition coefficient (Wildman–Crippen LogP) is 4.97. The number of benzene rings is 2. The molecule has 2 aliphatic rings. The van der Waals surface area contributed by atoms with Crippen molar-refractivity contribution in [2.45, 2.75) is 19.4 Å². The van der Waals surface area contributed by atoms with Gasteiger partial charge < -0.3 is 14.6 Å². The topological polar surface area (TPSA) is 71.3 Å². The monoisotopic (exact) mass is 448 g/mol. The number of oxazole rings is 1. The fraction of sp³-hybridized carbons (Fsp3) is 0.292. The number of nitrogens with zero attached hydrogens (tertiary/aromatic N) is 3. The summed E-state index contributed by atoms with van der Waals surface area (Å²) in [5, 5.41) is 4.08. The van der Waals surface area contributed by atoms with E-state index in [1.807, 2.05) is 42.2 Å². The Balaban J connectivity index is 1.25. The van der Waals surface area contributed by atoms with E-state index in [9.17, 15) is 9.18 Å². The zero-order valence-electron chi connectivity index (χ0n) is 17.4. The molecule has 0 bridgehead atoms. The molecule has 1 N–H and O–H groups in total. The van der Waals surface area contributed by atoms with Gasteiger partial charge in [0, 0.05) is 13.1 Å². The molecule has 1 amide bonds. The summed E-state index contributed by atoms with van der Waals surface area (Å²) in [6, 6.07) is 14.5. The summed E-state index contributed by atoms with van der Waals surface area (Å²) in [4.78, 5) is 25.2. The molecule has 2 aromatic heterocycles. The maximum atomic E-state index is 13.8. The van der Waals surface area contributed by atoms with Crippen LogP contribution >= 0.6 is 11.3 Å². The number of anilines is 1. The zero-order chi connectivity index (χ0) is 21.8. The van der Waals surface area contributed by atoms with Gasteiger partial charge in [0.15, 0.2) is 5.58 Å². The second-order valence-electron chi connectivity index (χ2n) is 8.47. The summed E-state index contributed by atoms with van der Waals surface area (Å²) in [6.45, 7) is 3.17. The number of carbonyl (C=O) groups excluding carboxylic acids is 1. The van der Waals surface area contributed by atoms with Gasteiger partial charge in [-0.1, -0.05) is 24.3 Å². The number of rotatable bonds is 5. The van der Waals surface area contributed by atoms with Gasteiger partial charge in [-0.3, -0.25) is 4.79 Å². The van der Waals surface area contributed by atoms with Gasteiger partial charge in [0.2, 0.25) is 0 Å². The lowest BCUT2D eigenvalue weighted by atomic mass is 10.1. The molecule has 3 heterocycles. The highest BCUT2D eigenvalue weighted by Crippen LogP contribution is 2.50. The van der Waals surface area contributed by atoms with Gasteiger partial charge in [0.25, 0.3) is 11.9 Å². The van der Waals surface area contributed by atoms with Crippen LogP contribution in [0.4, 0.5) is 10.4 Å². The average molecular weight is 449 g/mol. The van der Waals surface area contributed by atoms with E-state index in [2.05, 4.69) is 15.3 Å². The van der Waals surface area contributed by atoms with Crippen LogP contribution in [0.15, 0.2) is 52.9 Å². The van der Waals surface area contributed by atoms with Gasteiger partial charge in [-0.15, -0.1) is 11.3 Å². The molecule has 3 atom stereocenters. The quantitative estimate of drug-likeness (QED) is 0.467. The van der Waals surface area contributed by atoms with Crippen molar-refractivity contribution in [3.63, 3.8) is 0 Å². The van der Waals surface area contributed by atoms with Gasteiger partial charge in [-0.2, -0.15) is 4.98 Å². The molecule has 6 rings (SSSR count). The minimum absolute atomic E-state index is 0.0462. The first-order valence-corrected chi connectivity index (χ1v) is 11.5. The lowest BCUT2D eigenvalue weighted by Gasteiger charge is -2.27. The van der Waals surface area contributed by atoms with E-state index < -0.39 is 0 Å². The molecular formula is C24H21FN4O2S. The maximum Gasteiger partial charge on any atom is 0.295 e. The van der Waals surface area contributed by atoms with Crippen molar-refractivity contribution in [3.05, 3.63) is 65.0 Å². The second kappa shape index (κ2) is 7.41. The summed E-state index contributed by atoms with van der Waals surface area (Å²) in [6.07, 6.45) is 1.14. The van der Waals surface area contributed by atoms with Crippen molar-refractivity contribution in [1.29, 1.82) is 0 Å². The summed E-state index contributed by atoms with van der Waals surface area (Å²) < 4.78 is 19.6. The number of fused-ring (bicyclic) bond motifs is 2. The molecule has 1 aliphatic heterocycles. The number of para-hydroxylation sites is 2. The van der Waals surface area contributed by atoms with E-state index in [4.69, 9.17) is 4.42 Å². The zero-order valence-corrected chi connectivity index (χ0v) is 18.2. The Morgan fingerprint density at radius 1 is 1.25 bits per heavy atom. The Labute approximate surface area is 188 Å². The van der Waals surface area contributed by atoms with E-state index in [1.54, 1.807) is 6.07 Å². The van der Waals surface area contributed by atoms with E-state index >= 15 is 0 Å². The number of hydrogen-bond acceptors (Lipinski definition) is 6. The Kier molecular flexibility index (Phi) is 4.50. The summed E-state index contributed by atoms with van der Waals surface area (Å²) in [7, 11) is 0. The number of piperidine rings is 1. The molecule has 162 valence electrons. The maximum absolute atomic E-state index is 13.8. The van der Waals surface area contributed by atoms with Crippen LogP contribution in [0.2, 0.25) is 0 Å². The minimum Gasteiger partial charge on any atom is -0.424 e. The van der Waals surface area contributed by atoms with Crippen LogP contribution < -0.4 is 5.32 Å². The van der Waals surface area contributed by atoms with Crippen molar-refractivity contribution in [3.8, 4) is 10.4 Å². The van der Waals surface area contributed by atoms with Crippen molar-refractivity contribution >= 4 is 34.4 Å². The Morgan fingerprint density at radius 2 is 2.12 bits per heavy atom. The molecule has 0 spiro atoms. The number of nitrogens with one attached hydrogen (secondary N) is 1. The first-order chi connectivity index (χ1) is 15.6. The van der Waals surface area contributed by atoms with Crippen molar-refractivity contribution in [2.75, 3.05) is 18.4 Å². The lowest BCUT2D eigenvalue weighted by Crippen LogP contribution is -2.42. The van der Waals surface area contributed by atoms with Crippen LogP contribution in [-0.2, 0) is 0 Å². The molecule has 1 saturated carbocycles. The third kappa shape index (κ3) is 3.35. The molecule has 1 aliphatic carbocycles.